The lowest BCUT2D eigenvalue weighted by molar-refractivity contribution is 0.110. The van der Waals surface area contributed by atoms with Crippen LogP contribution < -0.4 is 0 Å². The van der Waals surface area contributed by atoms with E-state index in [1.165, 1.54) is 6.42 Å². The molecule has 1 aromatic carbocycles. The molecular formula is C13H16ClO3S-. The molecule has 0 radical (unpaired) electrons. The minimum atomic E-state index is -2.49. The quantitative estimate of drug-likeness (QED) is 0.792. The molecule has 5 heteroatoms. The lowest BCUT2D eigenvalue weighted by Gasteiger charge is -2.30. The highest BCUT2D eigenvalue weighted by atomic mass is 35.5. The van der Waals surface area contributed by atoms with E-state index in [1.807, 2.05) is 12.1 Å². The van der Waals surface area contributed by atoms with Crippen LogP contribution in [0.1, 0.15) is 43.8 Å². The second-order valence-corrected chi connectivity index (χ2v) is 5.71. The lowest BCUT2D eigenvalue weighted by atomic mass is 9.83. The van der Waals surface area contributed by atoms with Gasteiger partial charge >= 0.3 is 0 Å². The van der Waals surface area contributed by atoms with Gasteiger partial charge in [-0.15, -0.1) is 0 Å². The van der Waals surface area contributed by atoms with E-state index in [9.17, 15) is 8.76 Å². The largest absolute Gasteiger partial charge is 0.750 e. The first-order chi connectivity index (χ1) is 8.66. The topological polar surface area (TPSA) is 49.4 Å². The van der Waals surface area contributed by atoms with Gasteiger partial charge in [-0.3, -0.25) is 4.18 Å². The van der Waals surface area contributed by atoms with Crippen molar-refractivity contribution in [3.63, 3.8) is 0 Å². The molecule has 3 nitrogen and oxygen atoms in total. The van der Waals surface area contributed by atoms with Gasteiger partial charge in [-0.25, -0.2) is 4.21 Å². The molecule has 0 spiro atoms. The van der Waals surface area contributed by atoms with Gasteiger partial charge in [0, 0.05) is 5.02 Å². The lowest BCUT2D eigenvalue weighted by Crippen LogP contribution is -2.20. The Morgan fingerprint density at radius 1 is 1.22 bits per heavy atom. The maximum atomic E-state index is 10.8. The average molecular weight is 288 g/mol. The molecule has 1 aliphatic carbocycles. The van der Waals surface area contributed by atoms with Gasteiger partial charge in [-0.1, -0.05) is 43.0 Å². The van der Waals surface area contributed by atoms with Crippen molar-refractivity contribution in [1.29, 1.82) is 0 Å². The van der Waals surface area contributed by atoms with E-state index in [4.69, 9.17) is 15.8 Å². The van der Waals surface area contributed by atoms with Gasteiger partial charge < -0.3 is 4.55 Å². The second-order valence-electron chi connectivity index (χ2n) is 4.67. The molecule has 0 N–H and O–H groups in total. The molecule has 2 atom stereocenters. The molecular weight excluding hydrogens is 272 g/mol. The molecule has 2 rings (SSSR count). The second kappa shape index (κ2) is 6.66. The van der Waals surface area contributed by atoms with Crippen LogP contribution in [0.5, 0.6) is 0 Å². The molecule has 18 heavy (non-hydrogen) atoms. The van der Waals surface area contributed by atoms with E-state index < -0.39 is 11.4 Å². The minimum absolute atomic E-state index is 0.276. The van der Waals surface area contributed by atoms with E-state index >= 15 is 0 Å². The van der Waals surface area contributed by atoms with Crippen molar-refractivity contribution in [2.45, 2.75) is 38.2 Å². The van der Waals surface area contributed by atoms with E-state index in [1.54, 1.807) is 12.1 Å². The third kappa shape index (κ3) is 3.79. The van der Waals surface area contributed by atoms with Gasteiger partial charge in [0.15, 0.2) is 0 Å². The Bertz CT molecular complexity index is 401. The summed E-state index contributed by atoms with van der Waals surface area (Å²) >= 11 is 3.36. The highest BCUT2D eigenvalue weighted by molar-refractivity contribution is 7.74. The van der Waals surface area contributed by atoms with Crippen molar-refractivity contribution in [3.05, 3.63) is 34.9 Å². The van der Waals surface area contributed by atoms with Crippen LogP contribution in [0.25, 0.3) is 0 Å². The maximum absolute atomic E-state index is 10.8. The fourth-order valence-electron chi connectivity index (χ4n) is 2.58. The average Bonchev–Trinajstić information content (AvgIpc) is 2.38. The smallest absolute Gasteiger partial charge is 0.101 e. The highest BCUT2D eigenvalue weighted by Gasteiger charge is 2.26. The van der Waals surface area contributed by atoms with Crippen molar-refractivity contribution < 1.29 is 12.9 Å². The third-order valence-corrected chi connectivity index (χ3v) is 4.08. The summed E-state index contributed by atoms with van der Waals surface area (Å²) in [6.45, 7) is 0. The molecule has 1 aromatic rings. The number of hydrogen-bond donors (Lipinski definition) is 0. The van der Waals surface area contributed by atoms with Crippen LogP contribution in [0, 0.1) is 5.92 Å². The van der Waals surface area contributed by atoms with E-state index in [-0.39, 0.29) is 12.0 Å². The Morgan fingerprint density at radius 3 is 2.39 bits per heavy atom. The van der Waals surface area contributed by atoms with Gasteiger partial charge in [0.2, 0.25) is 0 Å². The van der Waals surface area contributed by atoms with Crippen molar-refractivity contribution in [2.75, 3.05) is 0 Å². The highest BCUT2D eigenvalue weighted by Crippen LogP contribution is 2.37. The molecule has 1 fully saturated rings. The van der Waals surface area contributed by atoms with Gasteiger partial charge in [0.25, 0.3) is 0 Å². The van der Waals surface area contributed by atoms with Crippen LogP contribution >= 0.6 is 11.6 Å². The first kappa shape index (κ1) is 14.0. The first-order valence-electron chi connectivity index (χ1n) is 6.18. The SMILES string of the molecule is O=S([O-])OC(c1ccc(Cl)cc1)C1CCCCC1. The van der Waals surface area contributed by atoms with Gasteiger partial charge in [-0.2, -0.15) is 0 Å². The molecule has 2 unspecified atom stereocenters. The van der Waals surface area contributed by atoms with Crippen LogP contribution in [0.15, 0.2) is 24.3 Å². The predicted octanol–water partition coefficient (Wildman–Crippen LogP) is 3.77. The molecule has 0 amide bonds. The fraction of sp³-hybridized carbons (Fsp3) is 0.538. The van der Waals surface area contributed by atoms with Crippen LogP contribution in [0.2, 0.25) is 5.02 Å². The fourth-order valence-corrected chi connectivity index (χ4v) is 3.14. The zero-order valence-corrected chi connectivity index (χ0v) is 11.6. The standard InChI is InChI=1S/C13H17ClO3S/c14-12-8-6-11(7-9-12)13(17-18(15)16)10-4-2-1-3-5-10/h6-10,13H,1-5H2,(H,15,16)/p-1. The molecule has 1 saturated carbocycles. The van der Waals surface area contributed by atoms with Gasteiger partial charge in [0.1, 0.15) is 6.10 Å². The summed E-state index contributed by atoms with van der Waals surface area (Å²) in [6.07, 6.45) is 5.17. The zero-order chi connectivity index (χ0) is 13.0. The van der Waals surface area contributed by atoms with Gasteiger partial charge in [-0.05, 0) is 36.5 Å². The summed E-state index contributed by atoms with van der Waals surface area (Å²) in [5, 5.41) is 0.643. The first-order valence-corrected chi connectivity index (χ1v) is 7.56. The summed E-state index contributed by atoms with van der Waals surface area (Å²) in [6, 6.07) is 7.22. The van der Waals surface area contributed by atoms with E-state index in [0.717, 1.165) is 31.2 Å². The van der Waals surface area contributed by atoms with Crippen molar-refractivity contribution in [1.82, 2.24) is 0 Å². The Labute approximate surface area is 115 Å². The molecule has 0 aliphatic heterocycles. The maximum Gasteiger partial charge on any atom is 0.101 e. The van der Waals surface area contributed by atoms with E-state index in [2.05, 4.69) is 0 Å². The molecule has 0 heterocycles. The summed E-state index contributed by atoms with van der Waals surface area (Å²) in [7, 11) is 0. The number of benzene rings is 1. The molecule has 1 aliphatic rings. The number of hydrogen-bond acceptors (Lipinski definition) is 3. The Balaban J connectivity index is 2.17. The van der Waals surface area contributed by atoms with Gasteiger partial charge in [0.05, 0.1) is 11.4 Å². The Kier molecular flexibility index (Phi) is 5.18. The van der Waals surface area contributed by atoms with Crippen molar-refractivity contribution >= 4 is 23.0 Å². The molecule has 0 saturated heterocycles. The van der Waals surface area contributed by atoms with Crippen LogP contribution in [-0.4, -0.2) is 8.76 Å². The van der Waals surface area contributed by atoms with Crippen LogP contribution in [0.4, 0.5) is 0 Å². The van der Waals surface area contributed by atoms with Crippen LogP contribution in [-0.2, 0) is 15.5 Å². The molecule has 0 bridgehead atoms. The Hall–Kier alpha value is -0.420. The normalized spacial score (nSPS) is 20.6. The van der Waals surface area contributed by atoms with Crippen molar-refractivity contribution in [3.8, 4) is 0 Å². The summed E-state index contributed by atoms with van der Waals surface area (Å²) in [5.41, 5.74) is 0.885. The number of halogens is 1. The minimum Gasteiger partial charge on any atom is -0.750 e. The summed E-state index contributed by atoms with van der Waals surface area (Å²) in [4.78, 5) is 0. The Morgan fingerprint density at radius 2 is 1.83 bits per heavy atom. The summed E-state index contributed by atoms with van der Waals surface area (Å²) in [5.74, 6) is 0.276. The van der Waals surface area contributed by atoms with Crippen LogP contribution in [0.3, 0.4) is 0 Å². The number of rotatable bonds is 4. The molecule has 100 valence electrons. The third-order valence-electron chi connectivity index (χ3n) is 3.46. The summed E-state index contributed by atoms with van der Waals surface area (Å²) < 4.78 is 26.8. The molecule has 0 aromatic heterocycles. The van der Waals surface area contributed by atoms with Crippen molar-refractivity contribution in [2.24, 2.45) is 5.92 Å². The van der Waals surface area contributed by atoms with E-state index in [0.29, 0.717) is 5.02 Å². The zero-order valence-electron chi connectivity index (χ0n) is 10.0. The monoisotopic (exact) mass is 287 g/mol. The predicted molar refractivity (Wildman–Crippen MR) is 70.8 cm³/mol.